The molecule has 0 aliphatic heterocycles. The van der Waals surface area contributed by atoms with Gasteiger partial charge in [0.1, 0.15) is 0 Å². The van der Waals surface area contributed by atoms with Crippen molar-refractivity contribution in [2.24, 2.45) is 0 Å². The van der Waals surface area contributed by atoms with Gasteiger partial charge in [0.25, 0.3) is 0 Å². The molecule has 0 bridgehead atoms. The van der Waals surface area contributed by atoms with Gasteiger partial charge in [-0.2, -0.15) is 4.98 Å². The molecule has 0 amide bonds. The van der Waals surface area contributed by atoms with Crippen molar-refractivity contribution in [1.29, 1.82) is 0 Å². The zero-order chi connectivity index (χ0) is 16.9. The molecule has 6 heteroatoms. The Morgan fingerprint density at radius 3 is 2.83 bits per heavy atom. The number of benzene rings is 1. The fourth-order valence-corrected chi connectivity index (χ4v) is 2.59. The highest BCUT2D eigenvalue weighted by molar-refractivity contribution is 5.59. The van der Waals surface area contributed by atoms with E-state index in [0.717, 1.165) is 31.4 Å². The SMILES string of the molecule is CCCCOc1nc(N)c2ncc(Cc3cccc(CC)c3)n2n1. The van der Waals surface area contributed by atoms with Gasteiger partial charge in [0.15, 0.2) is 11.5 Å². The number of imidazole rings is 1. The molecule has 1 aromatic carbocycles. The van der Waals surface area contributed by atoms with Gasteiger partial charge in [-0.05, 0) is 24.0 Å². The van der Waals surface area contributed by atoms with Crippen LogP contribution >= 0.6 is 0 Å². The molecule has 24 heavy (non-hydrogen) atoms. The minimum Gasteiger partial charge on any atom is -0.462 e. The van der Waals surface area contributed by atoms with Crippen molar-refractivity contribution >= 4 is 11.5 Å². The molecule has 0 aliphatic rings. The lowest BCUT2D eigenvalue weighted by atomic mass is 10.1. The van der Waals surface area contributed by atoms with Crippen LogP contribution in [0.5, 0.6) is 6.01 Å². The average molecular weight is 325 g/mol. The Morgan fingerprint density at radius 2 is 2.04 bits per heavy atom. The van der Waals surface area contributed by atoms with Crippen molar-refractivity contribution in [3.8, 4) is 6.01 Å². The fourth-order valence-electron chi connectivity index (χ4n) is 2.59. The lowest BCUT2D eigenvalue weighted by Gasteiger charge is -2.07. The monoisotopic (exact) mass is 325 g/mol. The third kappa shape index (κ3) is 3.48. The molecule has 3 rings (SSSR count). The van der Waals surface area contributed by atoms with Crippen molar-refractivity contribution in [2.45, 2.75) is 39.5 Å². The van der Waals surface area contributed by atoms with E-state index in [9.17, 15) is 0 Å². The number of hydrogen-bond donors (Lipinski definition) is 1. The summed E-state index contributed by atoms with van der Waals surface area (Å²) >= 11 is 0. The fraction of sp³-hybridized carbons (Fsp3) is 0.389. The Bertz CT molecular complexity index is 827. The maximum Gasteiger partial charge on any atom is 0.336 e. The van der Waals surface area contributed by atoms with Crippen molar-refractivity contribution in [1.82, 2.24) is 19.6 Å². The summed E-state index contributed by atoms with van der Waals surface area (Å²) in [6.07, 6.45) is 5.57. The number of ether oxygens (including phenoxy) is 1. The molecule has 2 aromatic heterocycles. The summed E-state index contributed by atoms with van der Waals surface area (Å²) in [4.78, 5) is 8.53. The van der Waals surface area contributed by atoms with E-state index in [1.165, 1.54) is 11.1 Å². The van der Waals surface area contributed by atoms with Crippen LogP contribution in [0.1, 0.15) is 43.5 Å². The number of nitrogens with zero attached hydrogens (tertiary/aromatic N) is 4. The zero-order valence-corrected chi connectivity index (χ0v) is 14.2. The first-order valence-corrected chi connectivity index (χ1v) is 8.42. The number of hydrogen-bond acceptors (Lipinski definition) is 5. The minimum atomic E-state index is 0.301. The van der Waals surface area contributed by atoms with Crippen LogP contribution in [0.4, 0.5) is 5.82 Å². The van der Waals surface area contributed by atoms with Crippen LogP contribution in [0.2, 0.25) is 0 Å². The average Bonchev–Trinajstić information content (AvgIpc) is 2.99. The largest absolute Gasteiger partial charge is 0.462 e. The Labute approximate surface area is 141 Å². The lowest BCUT2D eigenvalue weighted by Crippen LogP contribution is -2.09. The van der Waals surface area contributed by atoms with E-state index in [1.807, 2.05) is 0 Å². The van der Waals surface area contributed by atoms with E-state index in [4.69, 9.17) is 10.5 Å². The van der Waals surface area contributed by atoms with Gasteiger partial charge >= 0.3 is 6.01 Å². The molecular formula is C18H23N5O. The number of rotatable bonds is 7. The number of unbranched alkanes of at least 4 members (excludes halogenated alkanes) is 1. The van der Waals surface area contributed by atoms with Crippen LogP contribution < -0.4 is 10.5 Å². The highest BCUT2D eigenvalue weighted by atomic mass is 16.5. The van der Waals surface area contributed by atoms with Gasteiger partial charge in [-0.25, -0.2) is 9.50 Å². The summed E-state index contributed by atoms with van der Waals surface area (Å²) in [7, 11) is 0. The summed E-state index contributed by atoms with van der Waals surface area (Å²) in [6, 6.07) is 8.84. The number of nitrogen functional groups attached to an aromatic ring is 1. The second-order valence-electron chi connectivity index (χ2n) is 5.82. The Hall–Kier alpha value is -2.63. The van der Waals surface area contributed by atoms with Crippen molar-refractivity contribution in [2.75, 3.05) is 12.3 Å². The standard InChI is InChI=1S/C18H23N5O/c1-3-5-9-24-18-21-16(19)17-20-12-15(23(17)22-18)11-14-8-6-7-13(4-2)10-14/h6-8,10,12H,3-5,9,11H2,1-2H3,(H2,19,21,22). The minimum absolute atomic E-state index is 0.301. The molecule has 3 aromatic rings. The second-order valence-corrected chi connectivity index (χ2v) is 5.82. The molecule has 0 saturated heterocycles. The van der Waals surface area contributed by atoms with Crippen LogP contribution in [0.25, 0.3) is 5.65 Å². The van der Waals surface area contributed by atoms with Crippen LogP contribution in [0.15, 0.2) is 30.5 Å². The quantitative estimate of drug-likeness (QED) is 0.676. The van der Waals surface area contributed by atoms with Gasteiger partial charge in [0, 0.05) is 6.42 Å². The third-order valence-electron chi connectivity index (χ3n) is 3.95. The molecule has 2 heterocycles. The highest BCUT2D eigenvalue weighted by Crippen LogP contribution is 2.18. The van der Waals surface area contributed by atoms with Gasteiger partial charge < -0.3 is 10.5 Å². The van der Waals surface area contributed by atoms with E-state index in [-0.39, 0.29) is 0 Å². The van der Waals surface area contributed by atoms with E-state index in [0.29, 0.717) is 24.1 Å². The maximum absolute atomic E-state index is 6.00. The first-order valence-electron chi connectivity index (χ1n) is 8.42. The molecule has 6 nitrogen and oxygen atoms in total. The highest BCUT2D eigenvalue weighted by Gasteiger charge is 2.12. The second kappa shape index (κ2) is 7.29. The topological polar surface area (TPSA) is 78.3 Å². The first-order chi connectivity index (χ1) is 11.7. The predicted molar refractivity (Wildman–Crippen MR) is 94.2 cm³/mol. The molecule has 2 N–H and O–H groups in total. The summed E-state index contributed by atoms with van der Waals surface area (Å²) < 4.78 is 7.33. The molecule has 0 fully saturated rings. The summed E-state index contributed by atoms with van der Waals surface area (Å²) in [5, 5.41) is 4.45. The molecular weight excluding hydrogens is 302 g/mol. The van der Waals surface area contributed by atoms with Gasteiger partial charge in [-0.3, -0.25) is 0 Å². The molecule has 0 aliphatic carbocycles. The Kier molecular flexibility index (Phi) is 4.93. The third-order valence-corrected chi connectivity index (χ3v) is 3.95. The van der Waals surface area contributed by atoms with E-state index >= 15 is 0 Å². The number of aromatic nitrogens is 4. The van der Waals surface area contributed by atoms with Crippen molar-refractivity contribution in [3.63, 3.8) is 0 Å². The van der Waals surface area contributed by atoms with Gasteiger partial charge in [0.05, 0.1) is 18.5 Å². The molecule has 0 spiro atoms. The Balaban J connectivity index is 1.90. The van der Waals surface area contributed by atoms with Crippen molar-refractivity contribution < 1.29 is 4.74 Å². The van der Waals surface area contributed by atoms with Crippen LogP contribution in [0, 0.1) is 0 Å². The molecule has 0 saturated carbocycles. The lowest BCUT2D eigenvalue weighted by molar-refractivity contribution is 0.280. The van der Waals surface area contributed by atoms with Gasteiger partial charge in [-0.1, -0.05) is 44.5 Å². The summed E-state index contributed by atoms with van der Waals surface area (Å²) in [6.45, 7) is 4.85. The number of aryl methyl sites for hydroxylation is 1. The Morgan fingerprint density at radius 1 is 1.21 bits per heavy atom. The molecule has 126 valence electrons. The summed E-state index contributed by atoms with van der Waals surface area (Å²) in [5.74, 6) is 0.338. The van der Waals surface area contributed by atoms with E-state index in [1.54, 1.807) is 10.7 Å². The van der Waals surface area contributed by atoms with Gasteiger partial charge in [0.2, 0.25) is 0 Å². The number of anilines is 1. The van der Waals surface area contributed by atoms with Crippen LogP contribution in [0.3, 0.4) is 0 Å². The van der Waals surface area contributed by atoms with Crippen molar-refractivity contribution in [3.05, 3.63) is 47.3 Å². The van der Waals surface area contributed by atoms with E-state index < -0.39 is 0 Å². The first kappa shape index (κ1) is 16.2. The van der Waals surface area contributed by atoms with Gasteiger partial charge in [-0.15, -0.1) is 5.10 Å². The molecule has 0 unspecified atom stereocenters. The smallest absolute Gasteiger partial charge is 0.336 e. The van der Waals surface area contributed by atoms with Crippen LogP contribution in [-0.4, -0.2) is 26.2 Å². The molecule has 0 atom stereocenters. The number of nitrogens with two attached hydrogens (primary N) is 1. The summed E-state index contributed by atoms with van der Waals surface area (Å²) in [5.41, 5.74) is 10.1. The normalized spacial score (nSPS) is 11.1. The zero-order valence-electron chi connectivity index (χ0n) is 14.2. The predicted octanol–water partition coefficient (Wildman–Crippen LogP) is 3.04. The number of fused-ring (bicyclic) bond motifs is 1. The molecule has 0 radical (unpaired) electrons. The maximum atomic E-state index is 6.00. The van der Waals surface area contributed by atoms with Crippen LogP contribution in [-0.2, 0) is 12.8 Å². The van der Waals surface area contributed by atoms with E-state index in [2.05, 4.69) is 53.2 Å².